The molecular weight excluding hydrogens is 106 g/mol. The Labute approximate surface area is 47.2 Å². The Kier molecular flexibility index (Phi) is 0.754. The van der Waals surface area contributed by atoms with E-state index in [1.807, 2.05) is 0 Å². The lowest BCUT2D eigenvalue weighted by Crippen LogP contribution is -2.10. The first-order chi connectivity index (χ1) is 4.34. The van der Waals surface area contributed by atoms with Crippen LogP contribution >= 0.6 is 0 Å². The Bertz CT molecular complexity index is 196. The molecule has 0 aliphatic carbocycles. The van der Waals surface area contributed by atoms with Crippen LogP contribution in [0.5, 0.6) is 0 Å². The zero-order valence-electron chi connectivity index (χ0n) is 5.01. The number of rotatable bonds is 1. The number of nitrogens with two attached hydrogens (primary N) is 1. The number of nitrogens with zero attached hydrogens (tertiary/aromatic N) is 1. The fourth-order valence-electron chi connectivity index (χ4n) is 0.387. The lowest BCUT2D eigenvalue weighted by Gasteiger charge is -1.78. The van der Waals surface area contributed by atoms with Gasteiger partial charge in [-0.1, -0.05) is 0 Å². The SMILES string of the molecule is [2H]NC(=O)c1cc[nH]n1. The minimum atomic E-state index is -0.503. The van der Waals surface area contributed by atoms with Gasteiger partial charge >= 0.3 is 0 Å². The predicted octanol–water partition coefficient (Wildman–Crippen LogP) is -0.491. The van der Waals surface area contributed by atoms with Crippen molar-refractivity contribution in [1.82, 2.24) is 10.2 Å². The van der Waals surface area contributed by atoms with Crippen LogP contribution in [0.25, 0.3) is 0 Å². The zero-order valence-corrected chi connectivity index (χ0v) is 4.01. The van der Waals surface area contributed by atoms with Crippen molar-refractivity contribution in [3.63, 3.8) is 0 Å². The highest BCUT2D eigenvalue weighted by Gasteiger charge is 1.97. The second-order valence-electron chi connectivity index (χ2n) is 1.29. The summed E-state index contributed by atoms with van der Waals surface area (Å²) in [5.74, 6) is -0.503. The average molecular weight is 112 g/mol. The molecule has 0 unspecified atom stereocenters. The monoisotopic (exact) mass is 112 g/mol. The first-order valence-electron chi connectivity index (χ1n) is 2.56. The Morgan fingerprint density at radius 1 is 2.12 bits per heavy atom. The van der Waals surface area contributed by atoms with Gasteiger partial charge in [0, 0.05) is 6.20 Å². The van der Waals surface area contributed by atoms with Gasteiger partial charge in [0.2, 0.25) is 0 Å². The fraction of sp³-hybridized carbons (Fsp3) is 0. The topological polar surface area (TPSA) is 71.8 Å². The number of amides is 1. The number of primary amides is 1. The molecule has 0 aliphatic rings. The molecule has 0 saturated heterocycles. The van der Waals surface area contributed by atoms with Gasteiger partial charge in [0.05, 0.1) is 0 Å². The Balaban J connectivity index is 2.77. The first kappa shape index (κ1) is 3.65. The van der Waals surface area contributed by atoms with Crippen molar-refractivity contribution in [3.05, 3.63) is 18.0 Å². The van der Waals surface area contributed by atoms with Gasteiger partial charge in [-0.05, 0) is 6.07 Å². The lowest BCUT2D eigenvalue weighted by atomic mass is 10.4. The number of hydrogen-bond acceptors (Lipinski definition) is 2. The predicted molar refractivity (Wildman–Crippen MR) is 27.1 cm³/mol. The normalized spacial score (nSPS) is 10.2. The fourth-order valence-corrected chi connectivity index (χ4v) is 0.387. The molecule has 8 heavy (non-hydrogen) atoms. The van der Waals surface area contributed by atoms with Crippen molar-refractivity contribution in [2.45, 2.75) is 0 Å². The molecule has 0 bridgehead atoms. The Morgan fingerprint density at radius 3 is 3.50 bits per heavy atom. The van der Waals surface area contributed by atoms with E-state index >= 15 is 0 Å². The van der Waals surface area contributed by atoms with Gasteiger partial charge in [0.25, 0.3) is 5.91 Å². The molecule has 1 rings (SSSR count). The van der Waals surface area contributed by atoms with Crippen molar-refractivity contribution in [3.8, 4) is 0 Å². The van der Waals surface area contributed by atoms with Crippen molar-refractivity contribution in [1.29, 1.82) is 0 Å². The van der Waals surface area contributed by atoms with Gasteiger partial charge in [0.1, 0.15) is 5.69 Å². The van der Waals surface area contributed by atoms with E-state index in [4.69, 9.17) is 1.41 Å². The van der Waals surface area contributed by atoms with Crippen LogP contribution in [-0.2, 0) is 0 Å². The van der Waals surface area contributed by atoms with Gasteiger partial charge in [-0.25, -0.2) is 0 Å². The van der Waals surface area contributed by atoms with E-state index in [1.54, 1.807) is 5.73 Å². The number of carbonyl (C=O) groups excluding carboxylic acids is 1. The van der Waals surface area contributed by atoms with Gasteiger partial charge < -0.3 is 5.73 Å². The van der Waals surface area contributed by atoms with Crippen LogP contribution < -0.4 is 5.73 Å². The summed E-state index contributed by atoms with van der Waals surface area (Å²) in [6.45, 7) is 0. The number of aromatic amines is 1. The molecule has 4 nitrogen and oxygen atoms in total. The number of H-pyrrole nitrogens is 1. The molecule has 0 aliphatic heterocycles. The van der Waals surface area contributed by atoms with Gasteiger partial charge in [-0.15, -0.1) is 0 Å². The molecular formula is C4H5N3O. The average Bonchev–Trinajstić information content (AvgIpc) is 2.37. The third kappa shape index (κ3) is 0.676. The van der Waals surface area contributed by atoms with E-state index in [9.17, 15) is 4.79 Å². The Hall–Kier alpha value is -1.32. The zero-order chi connectivity index (χ0) is 6.69. The molecule has 0 aromatic carbocycles. The molecule has 1 aromatic heterocycles. The number of nitrogens with one attached hydrogen (secondary N) is 1. The molecule has 1 aromatic rings. The molecule has 0 fully saturated rings. The maximum atomic E-state index is 10.5. The Morgan fingerprint density at radius 2 is 3.00 bits per heavy atom. The standard InChI is InChI=1S/C4H5N3O/c5-4(8)3-1-2-6-7-3/h1-2H,(H2,5,8)(H,6,7)/i/hD. The molecule has 0 saturated carbocycles. The van der Waals surface area contributed by atoms with Crippen molar-refractivity contribution >= 4 is 5.91 Å². The summed E-state index contributed by atoms with van der Waals surface area (Å²) >= 11 is 0. The second-order valence-corrected chi connectivity index (χ2v) is 1.29. The van der Waals surface area contributed by atoms with E-state index < -0.39 is 5.91 Å². The highest BCUT2D eigenvalue weighted by Crippen LogP contribution is 1.85. The summed E-state index contributed by atoms with van der Waals surface area (Å²) in [7, 11) is 0. The van der Waals surface area contributed by atoms with E-state index in [0.717, 1.165) is 0 Å². The van der Waals surface area contributed by atoms with Crippen LogP contribution in [0.3, 0.4) is 0 Å². The second kappa shape index (κ2) is 1.65. The quantitative estimate of drug-likeness (QED) is 0.514. The molecule has 0 spiro atoms. The number of carbonyl (C=O) groups is 1. The van der Waals surface area contributed by atoms with Gasteiger partial charge in [-0.3, -0.25) is 9.89 Å². The largest absolute Gasteiger partial charge is 0.364 e. The molecule has 1 heterocycles. The minimum absolute atomic E-state index is 0.227. The summed E-state index contributed by atoms with van der Waals surface area (Å²) in [5, 5.41) is 5.98. The summed E-state index contributed by atoms with van der Waals surface area (Å²) in [5.41, 5.74) is 1.92. The molecule has 3 N–H and O–H groups in total. The van der Waals surface area contributed by atoms with Crippen LogP contribution in [-0.4, -0.2) is 16.1 Å². The summed E-state index contributed by atoms with van der Waals surface area (Å²) < 4.78 is 6.43. The van der Waals surface area contributed by atoms with Crippen molar-refractivity contribution < 1.29 is 6.21 Å². The summed E-state index contributed by atoms with van der Waals surface area (Å²) in [6, 6.07) is 1.49. The van der Waals surface area contributed by atoms with Crippen molar-refractivity contribution in [2.75, 3.05) is 0 Å². The lowest BCUT2D eigenvalue weighted by molar-refractivity contribution is 0.0995. The van der Waals surface area contributed by atoms with Crippen LogP contribution in [0.2, 0.25) is 1.41 Å². The van der Waals surface area contributed by atoms with Gasteiger partial charge in [0.15, 0.2) is 1.41 Å². The maximum Gasteiger partial charge on any atom is 0.269 e. The minimum Gasteiger partial charge on any atom is -0.364 e. The number of aromatic nitrogens is 2. The smallest absolute Gasteiger partial charge is 0.269 e. The van der Waals surface area contributed by atoms with Crippen LogP contribution in [0, 0.1) is 0 Å². The highest BCUT2D eigenvalue weighted by molar-refractivity contribution is 5.90. The molecule has 42 valence electrons. The molecule has 0 radical (unpaired) electrons. The van der Waals surface area contributed by atoms with E-state index in [1.165, 1.54) is 12.3 Å². The van der Waals surface area contributed by atoms with E-state index in [-0.39, 0.29) is 5.69 Å². The first-order valence-corrected chi connectivity index (χ1v) is 2.06. The maximum absolute atomic E-state index is 10.5. The van der Waals surface area contributed by atoms with E-state index in [2.05, 4.69) is 10.2 Å². The van der Waals surface area contributed by atoms with Crippen LogP contribution in [0.15, 0.2) is 12.3 Å². The third-order valence-electron chi connectivity index (χ3n) is 0.733. The highest BCUT2D eigenvalue weighted by atomic mass is 16.1. The summed E-state index contributed by atoms with van der Waals surface area (Å²) in [6.07, 6.45) is 1.52. The van der Waals surface area contributed by atoms with Crippen LogP contribution in [0.4, 0.5) is 0 Å². The van der Waals surface area contributed by atoms with E-state index in [0.29, 0.717) is 0 Å². The molecule has 4 heteroatoms. The molecule has 0 atom stereocenters. The molecule has 1 amide bonds. The van der Waals surface area contributed by atoms with Gasteiger partial charge in [-0.2, -0.15) is 5.10 Å². The summed E-state index contributed by atoms with van der Waals surface area (Å²) in [4.78, 5) is 10.5. The van der Waals surface area contributed by atoms with Crippen LogP contribution in [0.1, 0.15) is 10.5 Å². The third-order valence-corrected chi connectivity index (χ3v) is 0.733. The number of hydrogen-bond donors (Lipinski definition) is 2. The van der Waals surface area contributed by atoms with Crippen molar-refractivity contribution in [2.24, 2.45) is 5.73 Å².